The van der Waals surface area contributed by atoms with E-state index in [-0.39, 0.29) is 24.8 Å². The summed E-state index contributed by atoms with van der Waals surface area (Å²) in [5.74, 6) is 0.363. The Morgan fingerprint density at radius 1 is 0.800 bits per heavy atom. The molecule has 4 aromatic rings. The van der Waals surface area contributed by atoms with Gasteiger partial charge in [0, 0.05) is 24.2 Å². The van der Waals surface area contributed by atoms with E-state index in [1.807, 2.05) is 72.8 Å². The van der Waals surface area contributed by atoms with Crippen molar-refractivity contribution in [2.24, 2.45) is 0 Å². The Morgan fingerprint density at radius 2 is 1.47 bits per heavy atom. The maximum absolute atomic E-state index is 12.3. The largest absolute Gasteiger partial charge is 0.347 e. The second-order valence-corrected chi connectivity index (χ2v) is 6.88. The van der Waals surface area contributed by atoms with E-state index in [0.717, 1.165) is 22.5 Å². The van der Waals surface area contributed by atoms with Gasteiger partial charge in [0.1, 0.15) is 5.82 Å². The average Bonchev–Trinajstić information content (AvgIpc) is 3.16. The Labute approximate surface area is 174 Å². The molecule has 0 radical (unpaired) electrons. The number of fused-ring (bicyclic) bond motifs is 1. The zero-order valence-electron chi connectivity index (χ0n) is 16.4. The van der Waals surface area contributed by atoms with Crippen molar-refractivity contribution >= 4 is 28.5 Å². The van der Waals surface area contributed by atoms with Crippen molar-refractivity contribution in [3.63, 3.8) is 0 Å². The Morgan fingerprint density at radius 3 is 2.23 bits per heavy atom. The van der Waals surface area contributed by atoms with Crippen molar-refractivity contribution in [2.75, 3.05) is 11.9 Å². The van der Waals surface area contributed by atoms with Crippen LogP contribution in [0.3, 0.4) is 0 Å². The molecular formula is C24H22N4O2. The molecule has 0 aliphatic rings. The summed E-state index contributed by atoms with van der Waals surface area (Å²) in [7, 11) is 0. The highest BCUT2D eigenvalue weighted by molar-refractivity contribution is 5.94. The molecule has 0 fully saturated rings. The molecule has 6 heteroatoms. The number of hydrogen-bond acceptors (Lipinski definition) is 3. The van der Waals surface area contributed by atoms with Gasteiger partial charge in [-0.05, 0) is 36.4 Å². The third-order valence-corrected chi connectivity index (χ3v) is 4.72. The summed E-state index contributed by atoms with van der Waals surface area (Å²) in [5, 5.41) is 5.43. The molecule has 0 aliphatic heterocycles. The number of aryl methyl sites for hydroxylation is 1. The fraction of sp³-hybridized carbons (Fsp3) is 0.125. The highest BCUT2D eigenvalue weighted by Crippen LogP contribution is 2.22. The SMILES string of the molecule is O=C(CCc1nc2ccccc2n1-c1ccccc1)NCC(=O)Nc1ccccc1. The molecule has 150 valence electrons. The number of rotatable bonds is 7. The second-order valence-electron chi connectivity index (χ2n) is 6.88. The molecule has 0 saturated heterocycles. The molecule has 2 amide bonds. The van der Waals surface area contributed by atoms with E-state index < -0.39 is 0 Å². The predicted octanol–water partition coefficient (Wildman–Crippen LogP) is 3.71. The molecule has 3 aromatic carbocycles. The Balaban J connectivity index is 1.40. The number of nitrogens with zero attached hydrogens (tertiary/aromatic N) is 2. The topological polar surface area (TPSA) is 76.0 Å². The molecule has 4 rings (SSSR count). The minimum absolute atomic E-state index is 0.0666. The average molecular weight is 398 g/mol. The van der Waals surface area contributed by atoms with Crippen LogP contribution in [0.1, 0.15) is 12.2 Å². The van der Waals surface area contributed by atoms with Gasteiger partial charge in [-0.25, -0.2) is 4.98 Å². The Kier molecular flexibility index (Phi) is 5.85. The number of aromatic nitrogens is 2. The maximum atomic E-state index is 12.3. The molecule has 1 aromatic heterocycles. The first-order valence-corrected chi connectivity index (χ1v) is 9.84. The van der Waals surface area contributed by atoms with E-state index in [9.17, 15) is 9.59 Å². The fourth-order valence-corrected chi connectivity index (χ4v) is 3.33. The molecule has 1 heterocycles. The highest BCUT2D eigenvalue weighted by Gasteiger charge is 2.14. The van der Waals surface area contributed by atoms with Crippen LogP contribution >= 0.6 is 0 Å². The van der Waals surface area contributed by atoms with E-state index in [1.165, 1.54) is 0 Å². The Hall–Kier alpha value is -3.93. The van der Waals surface area contributed by atoms with Gasteiger partial charge in [0.2, 0.25) is 11.8 Å². The standard InChI is InChI=1S/C24H22N4O2/c29-23(25-17-24(30)26-18-9-3-1-4-10-18)16-15-22-27-20-13-7-8-14-21(20)28(22)19-11-5-2-6-12-19/h1-14H,15-17H2,(H,25,29)(H,26,30). The lowest BCUT2D eigenvalue weighted by Gasteiger charge is -2.10. The van der Waals surface area contributed by atoms with Gasteiger partial charge in [-0.15, -0.1) is 0 Å². The summed E-state index contributed by atoms with van der Waals surface area (Å²) in [5.41, 5.74) is 3.59. The molecule has 0 unspecified atom stereocenters. The molecule has 0 bridgehead atoms. The van der Waals surface area contributed by atoms with E-state index in [1.54, 1.807) is 12.1 Å². The lowest BCUT2D eigenvalue weighted by atomic mass is 10.2. The van der Waals surface area contributed by atoms with Crippen molar-refractivity contribution in [1.29, 1.82) is 0 Å². The number of amides is 2. The minimum atomic E-state index is -0.258. The summed E-state index contributed by atoms with van der Waals surface area (Å²) in [6.45, 7) is -0.0666. The molecule has 0 saturated carbocycles. The number of imidazole rings is 1. The van der Waals surface area contributed by atoms with Crippen molar-refractivity contribution < 1.29 is 9.59 Å². The predicted molar refractivity (Wildman–Crippen MR) is 117 cm³/mol. The maximum Gasteiger partial charge on any atom is 0.243 e. The van der Waals surface area contributed by atoms with Gasteiger partial charge in [-0.1, -0.05) is 48.5 Å². The second kappa shape index (κ2) is 9.05. The third-order valence-electron chi connectivity index (χ3n) is 4.72. The number of nitrogens with one attached hydrogen (secondary N) is 2. The summed E-state index contributed by atoms with van der Waals surface area (Å²) in [4.78, 5) is 29.0. The zero-order chi connectivity index (χ0) is 20.8. The van der Waals surface area contributed by atoms with Gasteiger partial charge in [0.25, 0.3) is 0 Å². The van der Waals surface area contributed by atoms with Gasteiger partial charge < -0.3 is 10.6 Å². The molecule has 0 aliphatic carbocycles. The molecule has 2 N–H and O–H groups in total. The van der Waals surface area contributed by atoms with E-state index in [0.29, 0.717) is 12.1 Å². The summed E-state index contributed by atoms with van der Waals surface area (Å²) < 4.78 is 2.07. The first-order valence-electron chi connectivity index (χ1n) is 9.84. The van der Waals surface area contributed by atoms with Crippen molar-refractivity contribution in [3.05, 3.63) is 90.8 Å². The van der Waals surface area contributed by atoms with E-state index in [2.05, 4.69) is 15.2 Å². The van der Waals surface area contributed by atoms with Crippen LogP contribution in [0.15, 0.2) is 84.9 Å². The van der Waals surface area contributed by atoms with Crippen LogP contribution in [0, 0.1) is 0 Å². The smallest absolute Gasteiger partial charge is 0.243 e. The molecular weight excluding hydrogens is 376 g/mol. The van der Waals surface area contributed by atoms with Crippen LogP contribution in [0.25, 0.3) is 16.7 Å². The first-order chi connectivity index (χ1) is 14.7. The molecule has 30 heavy (non-hydrogen) atoms. The fourth-order valence-electron chi connectivity index (χ4n) is 3.33. The summed E-state index contributed by atoms with van der Waals surface area (Å²) in [6.07, 6.45) is 0.713. The van der Waals surface area contributed by atoms with Crippen LogP contribution < -0.4 is 10.6 Å². The van der Waals surface area contributed by atoms with E-state index in [4.69, 9.17) is 4.98 Å². The highest BCUT2D eigenvalue weighted by atomic mass is 16.2. The normalized spacial score (nSPS) is 10.7. The number of para-hydroxylation sites is 4. The zero-order valence-corrected chi connectivity index (χ0v) is 16.4. The number of anilines is 1. The van der Waals surface area contributed by atoms with Crippen LogP contribution in [0.2, 0.25) is 0 Å². The van der Waals surface area contributed by atoms with Crippen molar-refractivity contribution in [2.45, 2.75) is 12.8 Å². The van der Waals surface area contributed by atoms with Gasteiger partial charge in [0.15, 0.2) is 0 Å². The number of benzene rings is 3. The lowest BCUT2D eigenvalue weighted by molar-refractivity contribution is -0.124. The molecule has 0 spiro atoms. The first kappa shape index (κ1) is 19.4. The van der Waals surface area contributed by atoms with Crippen LogP contribution in [-0.4, -0.2) is 27.9 Å². The van der Waals surface area contributed by atoms with Gasteiger partial charge >= 0.3 is 0 Å². The molecule has 6 nitrogen and oxygen atoms in total. The number of carbonyl (C=O) groups excluding carboxylic acids is 2. The quantitative estimate of drug-likeness (QED) is 0.498. The van der Waals surface area contributed by atoms with Gasteiger partial charge in [-0.2, -0.15) is 0 Å². The van der Waals surface area contributed by atoms with Crippen LogP contribution in [-0.2, 0) is 16.0 Å². The van der Waals surface area contributed by atoms with Crippen LogP contribution in [0.5, 0.6) is 0 Å². The third kappa shape index (κ3) is 4.55. The number of hydrogen-bond donors (Lipinski definition) is 2. The van der Waals surface area contributed by atoms with Gasteiger partial charge in [-0.3, -0.25) is 14.2 Å². The van der Waals surface area contributed by atoms with Crippen molar-refractivity contribution in [3.8, 4) is 5.69 Å². The monoisotopic (exact) mass is 398 g/mol. The van der Waals surface area contributed by atoms with Crippen molar-refractivity contribution in [1.82, 2.24) is 14.9 Å². The minimum Gasteiger partial charge on any atom is -0.347 e. The van der Waals surface area contributed by atoms with Crippen LogP contribution in [0.4, 0.5) is 5.69 Å². The summed E-state index contributed by atoms with van der Waals surface area (Å²) >= 11 is 0. The molecule has 0 atom stereocenters. The van der Waals surface area contributed by atoms with Gasteiger partial charge in [0.05, 0.1) is 17.6 Å². The number of carbonyl (C=O) groups is 2. The lowest BCUT2D eigenvalue weighted by Crippen LogP contribution is -2.33. The van der Waals surface area contributed by atoms with E-state index >= 15 is 0 Å². The summed E-state index contributed by atoms with van der Waals surface area (Å²) in [6, 6.07) is 27.0. The Bertz CT molecular complexity index is 1150.